The van der Waals surface area contributed by atoms with Gasteiger partial charge >= 0.3 is 0 Å². The zero-order chi connectivity index (χ0) is 19.9. The lowest BCUT2D eigenvalue weighted by atomic mass is 10.1. The van der Waals surface area contributed by atoms with Crippen LogP contribution >= 0.6 is 35.1 Å². The fourth-order valence-corrected chi connectivity index (χ4v) is 5.17. The predicted octanol–water partition coefficient (Wildman–Crippen LogP) is 7.36. The third-order valence-electron chi connectivity index (χ3n) is 4.53. The molecule has 0 aliphatic carbocycles. The lowest BCUT2D eigenvalue weighted by molar-refractivity contribution is 0.683. The van der Waals surface area contributed by atoms with E-state index in [0.29, 0.717) is 5.25 Å². The average molecular weight is 437 g/mol. The molecule has 0 spiro atoms. The standard InChI is InChI=1S/C24H21ClN2S2/c25-21-10-6-19(7-11-21)17-28-24(16-27-15-14-26-18-27)20-8-12-23(13-9-20)29-22-4-2-1-3-5-22/h1-15,18,24H,16-17H2. The summed E-state index contributed by atoms with van der Waals surface area (Å²) in [6, 6.07) is 27.5. The average Bonchev–Trinajstić information content (AvgIpc) is 3.27. The van der Waals surface area contributed by atoms with Gasteiger partial charge in [-0.05, 0) is 47.5 Å². The molecule has 1 unspecified atom stereocenters. The van der Waals surface area contributed by atoms with Crippen LogP contribution in [0.15, 0.2) is 107 Å². The van der Waals surface area contributed by atoms with Crippen molar-refractivity contribution in [3.05, 3.63) is 114 Å². The highest BCUT2D eigenvalue weighted by atomic mass is 35.5. The first-order chi connectivity index (χ1) is 14.3. The molecule has 4 rings (SSSR count). The van der Waals surface area contributed by atoms with Gasteiger partial charge in [0.25, 0.3) is 0 Å². The SMILES string of the molecule is Clc1ccc(CSC(Cn2ccnc2)c2ccc(Sc3ccccc3)cc2)cc1. The lowest BCUT2D eigenvalue weighted by Gasteiger charge is -2.18. The molecule has 0 bridgehead atoms. The Morgan fingerprint density at radius 2 is 1.59 bits per heavy atom. The summed E-state index contributed by atoms with van der Waals surface area (Å²) >= 11 is 9.75. The zero-order valence-electron chi connectivity index (χ0n) is 15.8. The van der Waals surface area contributed by atoms with Crippen molar-refractivity contribution >= 4 is 35.1 Å². The summed E-state index contributed by atoms with van der Waals surface area (Å²) in [4.78, 5) is 6.70. The van der Waals surface area contributed by atoms with Gasteiger partial charge in [0.2, 0.25) is 0 Å². The molecular weight excluding hydrogens is 416 g/mol. The van der Waals surface area contributed by atoms with Crippen molar-refractivity contribution < 1.29 is 0 Å². The number of nitrogens with zero attached hydrogens (tertiary/aromatic N) is 2. The second-order valence-electron chi connectivity index (χ2n) is 6.67. The number of hydrogen-bond donors (Lipinski definition) is 0. The smallest absolute Gasteiger partial charge is 0.0946 e. The summed E-state index contributed by atoms with van der Waals surface area (Å²) in [7, 11) is 0. The van der Waals surface area contributed by atoms with Crippen molar-refractivity contribution in [1.82, 2.24) is 9.55 Å². The van der Waals surface area contributed by atoms with E-state index in [1.807, 2.05) is 48.7 Å². The summed E-state index contributed by atoms with van der Waals surface area (Å²) in [6.45, 7) is 0.892. The van der Waals surface area contributed by atoms with Gasteiger partial charge < -0.3 is 4.57 Å². The Kier molecular flexibility index (Phi) is 6.99. The second kappa shape index (κ2) is 10.1. The van der Waals surface area contributed by atoms with Crippen LogP contribution in [-0.2, 0) is 12.3 Å². The fourth-order valence-electron chi connectivity index (χ4n) is 2.99. The number of aromatic nitrogens is 2. The van der Waals surface area contributed by atoms with Crippen molar-refractivity contribution in [1.29, 1.82) is 0 Å². The third kappa shape index (κ3) is 5.92. The zero-order valence-corrected chi connectivity index (χ0v) is 18.2. The van der Waals surface area contributed by atoms with Gasteiger partial charge in [-0.15, -0.1) is 11.8 Å². The minimum absolute atomic E-state index is 0.343. The first-order valence-corrected chi connectivity index (χ1v) is 11.7. The van der Waals surface area contributed by atoms with Crippen molar-refractivity contribution in [2.75, 3.05) is 0 Å². The minimum Gasteiger partial charge on any atom is -0.336 e. The first-order valence-electron chi connectivity index (χ1n) is 9.41. The molecule has 1 heterocycles. The summed E-state index contributed by atoms with van der Waals surface area (Å²) in [6.07, 6.45) is 5.74. The molecule has 146 valence electrons. The molecule has 2 nitrogen and oxygen atoms in total. The maximum atomic E-state index is 6.02. The highest BCUT2D eigenvalue weighted by Gasteiger charge is 2.14. The van der Waals surface area contributed by atoms with Crippen molar-refractivity contribution in [2.24, 2.45) is 0 Å². The maximum absolute atomic E-state index is 6.02. The number of imidazole rings is 1. The maximum Gasteiger partial charge on any atom is 0.0946 e. The molecule has 0 amide bonds. The van der Waals surface area contributed by atoms with Gasteiger partial charge in [-0.25, -0.2) is 4.98 Å². The van der Waals surface area contributed by atoms with E-state index in [2.05, 4.69) is 70.2 Å². The Morgan fingerprint density at radius 1 is 0.862 bits per heavy atom. The van der Waals surface area contributed by atoms with Crippen LogP contribution in [0.5, 0.6) is 0 Å². The van der Waals surface area contributed by atoms with Crippen molar-refractivity contribution in [3.63, 3.8) is 0 Å². The van der Waals surface area contributed by atoms with E-state index in [1.54, 1.807) is 11.8 Å². The highest BCUT2D eigenvalue weighted by molar-refractivity contribution is 7.99. The van der Waals surface area contributed by atoms with Crippen LogP contribution in [0, 0.1) is 0 Å². The van der Waals surface area contributed by atoms with E-state index in [9.17, 15) is 0 Å². The van der Waals surface area contributed by atoms with Crippen LogP contribution in [0.1, 0.15) is 16.4 Å². The van der Waals surface area contributed by atoms with Gasteiger partial charge in [-0.1, -0.05) is 65.8 Å². The minimum atomic E-state index is 0.343. The monoisotopic (exact) mass is 436 g/mol. The normalized spacial score (nSPS) is 12.0. The molecule has 4 aromatic rings. The van der Waals surface area contributed by atoms with Gasteiger partial charge in [0.05, 0.1) is 6.33 Å². The molecule has 29 heavy (non-hydrogen) atoms. The highest BCUT2D eigenvalue weighted by Crippen LogP contribution is 2.35. The number of hydrogen-bond acceptors (Lipinski definition) is 3. The number of halogens is 1. The molecule has 0 fully saturated rings. The topological polar surface area (TPSA) is 17.8 Å². The van der Waals surface area contributed by atoms with Gasteiger partial charge in [-0.3, -0.25) is 0 Å². The number of thioether (sulfide) groups is 1. The van der Waals surface area contributed by atoms with Gasteiger partial charge in [-0.2, -0.15) is 0 Å². The molecular formula is C24H21ClN2S2. The van der Waals surface area contributed by atoms with E-state index in [4.69, 9.17) is 11.6 Å². The number of benzene rings is 3. The van der Waals surface area contributed by atoms with Crippen LogP contribution in [-0.4, -0.2) is 9.55 Å². The molecule has 0 saturated heterocycles. The molecule has 1 atom stereocenters. The van der Waals surface area contributed by atoms with Gasteiger partial charge in [0, 0.05) is 44.8 Å². The van der Waals surface area contributed by atoms with Crippen molar-refractivity contribution in [2.45, 2.75) is 27.3 Å². The van der Waals surface area contributed by atoms with Crippen LogP contribution in [0.4, 0.5) is 0 Å². The molecule has 0 saturated carbocycles. The van der Waals surface area contributed by atoms with Crippen LogP contribution < -0.4 is 0 Å². The Labute approximate surface area is 185 Å². The molecule has 1 aromatic heterocycles. The summed E-state index contributed by atoms with van der Waals surface area (Å²) in [5, 5.41) is 1.12. The van der Waals surface area contributed by atoms with Crippen molar-refractivity contribution in [3.8, 4) is 0 Å². The number of rotatable bonds is 8. The summed E-state index contributed by atoms with van der Waals surface area (Å²) in [5.74, 6) is 0.942. The Bertz CT molecular complexity index is 1000. The first kappa shape index (κ1) is 20.1. The second-order valence-corrected chi connectivity index (χ2v) is 9.44. The van der Waals surface area contributed by atoms with E-state index < -0.39 is 0 Å². The molecule has 5 heteroatoms. The summed E-state index contributed by atoms with van der Waals surface area (Å²) < 4.78 is 2.14. The van der Waals surface area contributed by atoms with Crippen LogP contribution in [0.2, 0.25) is 5.02 Å². The summed E-state index contributed by atoms with van der Waals surface area (Å²) in [5.41, 5.74) is 2.61. The fraction of sp³-hybridized carbons (Fsp3) is 0.125. The Morgan fingerprint density at radius 3 is 2.28 bits per heavy atom. The van der Waals surface area contributed by atoms with Gasteiger partial charge in [0.1, 0.15) is 0 Å². The largest absolute Gasteiger partial charge is 0.336 e. The van der Waals surface area contributed by atoms with Crippen LogP contribution in [0.3, 0.4) is 0 Å². The molecule has 0 aliphatic rings. The van der Waals surface area contributed by atoms with Gasteiger partial charge in [0.15, 0.2) is 0 Å². The van der Waals surface area contributed by atoms with E-state index in [0.717, 1.165) is 17.3 Å². The lowest BCUT2D eigenvalue weighted by Crippen LogP contribution is -2.05. The van der Waals surface area contributed by atoms with E-state index in [1.165, 1.54) is 20.9 Å². The Balaban J connectivity index is 1.48. The molecule has 0 N–H and O–H groups in total. The van der Waals surface area contributed by atoms with Crippen LogP contribution in [0.25, 0.3) is 0 Å². The molecule has 0 aliphatic heterocycles. The quantitative estimate of drug-likeness (QED) is 0.287. The third-order valence-corrected chi connectivity index (χ3v) is 7.12. The Hall–Kier alpha value is -2.14. The van der Waals surface area contributed by atoms with E-state index in [-0.39, 0.29) is 0 Å². The molecule has 3 aromatic carbocycles. The van der Waals surface area contributed by atoms with E-state index >= 15 is 0 Å². The predicted molar refractivity (Wildman–Crippen MR) is 125 cm³/mol. The molecule has 0 radical (unpaired) electrons.